The maximum absolute atomic E-state index is 4.01. The zero-order chi connectivity index (χ0) is 8.23. The predicted molar refractivity (Wildman–Crippen MR) is 52.3 cm³/mol. The Morgan fingerprint density at radius 3 is 2.92 bits per heavy atom. The van der Waals surface area contributed by atoms with Crippen LogP contribution in [0.2, 0.25) is 0 Å². The van der Waals surface area contributed by atoms with E-state index in [4.69, 9.17) is 0 Å². The van der Waals surface area contributed by atoms with Crippen LogP contribution < -0.4 is 5.32 Å². The lowest BCUT2D eigenvalue weighted by molar-refractivity contribution is 0.594. The largest absolute Gasteiger partial charge is 0.308 e. The molecular weight excluding hydrogens is 168 g/mol. The van der Waals surface area contributed by atoms with Crippen LogP contribution in [0.4, 0.5) is 0 Å². The van der Waals surface area contributed by atoms with E-state index in [9.17, 15) is 0 Å². The van der Waals surface area contributed by atoms with Gasteiger partial charge in [0.25, 0.3) is 0 Å². The van der Waals surface area contributed by atoms with Crippen molar-refractivity contribution in [3.63, 3.8) is 0 Å². The molecule has 0 unspecified atom stereocenters. The Morgan fingerprint density at radius 1 is 1.42 bits per heavy atom. The molecule has 0 bridgehead atoms. The van der Waals surface area contributed by atoms with Gasteiger partial charge in [-0.1, -0.05) is 0 Å². The van der Waals surface area contributed by atoms with Crippen molar-refractivity contribution in [2.75, 3.05) is 18.1 Å². The maximum atomic E-state index is 4.01. The van der Waals surface area contributed by atoms with Gasteiger partial charge in [-0.15, -0.1) is 0 Å². The molecule has 0 radical (unpaired) electrons. The summed E-state index contributed by atoms with van der Waals surface area (Å²) in [5.74, 6) is 2.42. The van der Waals surface area contributed by atoms with Gasteiger partial charge < -0.3 is 5.32 Å². The van der Waals surface area contributed by atoms with E-state index in [1.807, 2.05) is 24.2 Å². The molecule has 1 aliphatic heterocycles. The molecule has 1 N–H and O–H groups in total. The molecule has 0 saturated carbocycles. The number of thioether (sulfide) groups is 1. The molecule has 2 rings (SSSR count). The van der Waals surface area contributed by atoms with Crippen LogP contribution in [0, 0.1) is 0 Å². The highest BCUT2D eigenvalue weighted by atomic mass is 32.2. The van der Waals surface area contributed by atoms with E-state index in [-0.39, 0.29) is 0 Å². The fourth-order valence-electron chi connectivity index (χ4n) is 1.38. The minimum atomic E-state index is 0.534. The Labute approximate surface area is 76.8 Å². The lowest BCUT2D eigenvalue weighted by Gasteiger charge is -2.23. The maximum Gasteiger partial charge on any atom is 0.0413 e. The molecule has 64 valence electrons. The van der Waals surface area contributed by atoms with Crippen molar-refractivity contribution >= 4 is 11.8 Å². The van der Waals surface area contributed by atoms with Gasteiger partial charge in [0.05, 0.1) is 0 Å². The predicted octanol–water partition coefficient (Wildman–Crippen LogP) is 1.46. The summed E-state index contributed by atoms with van der Waals surface area (Å²) >= 11 is 2.01. The number of hydrogen-bond acceptors (Lipinski definition) is 3. The molecule has 1 atom stereocenters. The first-order valence-corrected chi connectivity index (χ1v) is 5.33. The third-order valence-corrected chi connectivity index (χ3v) is 3.09. The lowest BCUT2D eigenvalue weighted by Crippen LogP contribution is -2.30. The van der Waals surface area contributed by atoms with Crippen LogP contribution in [-0.4, -0.2) is 23.0 Å². The van der Waals surface area contributed by atoms with E-state index in [0.717, 1.165) is 6.54 Å². The van der Waals surface area contributed by atoms with Crippen molar-refractivity contribution in [2.45, 2.75) is 6.04 Å². The van der Waals surface area contributed by atoms with Crippen molar-refractivity contribution in [3.05, 3.63) is 30.1 Å². The summed E-state index contributed by atoms with van der Waals surface area (Å²) in [5.41, 5.74) is 1.36. The summed E-state index contributed by atoms with van der Waals surface area (Å²) in [6.07, 6.45) is 3.71. The van der Waals surface area contributed by atoms with Gasteiger partial charge in [0.15, 0.2) is 0 Å². The van der Waals surface area contributed by atoms with Crippen molar-refractivity contribution in [2.24, 2.45) is 0 Å². The highest BCUT2D eigenvalue weighted by Gasteiger charge is 2.13. The molecule has 1 aliphatic rings. The Hall–Kier alpha value is -0.540. The molecular formula is C9H12N2S. The van der Waals surface area contributed by atoms with E-state index < -0.39 is 0 Å². The second-order valence-electron chi connectivity index (χ2n) is 2.86. The Morgan fingerprint density at radius 2 is 2.25 bits per heavy atom. The first kappa shape index (κ1) is 8.08. The number of nitrogens with one attached hydrogen (secondary N) is 1. The number of rotatable bonds is 1. The van der Waals surface area contributed by atoms with Crippen LogP contribution in [0.5, 0.6) is 0 Å². The van der Waals surface area contributed by atoms with Crippen LogP contribution in [0.1, 0.15) is 11.6 Å². The minimum Gasteiger partial charge on any atom is -0.308 e. The second kappa shape index (κ2) is 3.92. The molecule has 0 amide bonds. The van der Waals surface area contributed by atoms with Gasteiger partial charge in [-0.3, -0.25) is 4.98 Å². The summed E-state index contributed by atoms with van der Waals surface area (Å²) < 4.78 is 0. The smallest absolute Gasteiger partial charge is 0.0413 e. The zero-order valence-corrected chi connectivity index (χ0v) is 7.68. The van der Waals surface area contributed by atoms with E-state index in [1.54, 1.807) is 0 Å². The van der Waals surface area contributed by atoms with Gasteiger partial charge in [0.2, 0.25) is 0 Å². The summed E-state index contributed by atoms with van der Waals surface area (Å²) in [7, 11) is 0. The highest BCUT2D eigenvalue weighted by Crippen LogP contribution is 2.20. The molecule has 12 heavy (non-hydrogen) atoms. The van der Waals surface area contributed by atoms with E-state index in [1.165, 1.54) is 17.1 Å². The normalized spacial score (nSPS) is 23.8. The first-order chi connectivity index (χ1) is 5.97. The van der Waals surface area contributed by atoms with Crippen LogP contribution in [0.25, 0.3) is 0 Å². The van der Waals surface area contributed by atoms with Crippen LogP contribution in [0.3, 0.4) is 0 Å². The molecule has 0 aliphatic carbocycles. The fraction of sp³-hybridized carbons (Fsp3) is 0.444. The third-order valence-electron chi connectivity index (χ3n) is 2.03. The molecule has 0 aromatic carbocycles. The molecule has 3 heteroatoms. The summed E-state index contributed by atoms with van der Waals surface area (Å²) in [6, 6.07) is 4.71. The van der Waals surface area contributed by atoms with Gasteiger partial charge in [-0.25, -0.2) is 0 Å². The van der Waals surface area contributed by atoms with Gasteiger partial charge in [0.1, 0.15) is 0 Å². The number of pyridine rings is 1. The molecule has 1 fully saturated rings. The molecule has 2 nitrogen and oxygen atoms in total. The van der Waals surface area contributed by atoms with Gasteiger partial charge in [-0.05, 0) is 17.7 Å². The van der Waals surface area contributed by atoms with Crippen molar-refractivity contribution in [1.82, 2.24) is 10.3 Å². The molecule has 1 saturated heterocycles. The van der Waals surface area contributed by atoms with E-state index in [2.05, 4.69) is 22.4 Å². The molecule has 1 aromatic rings. The van der Waals surface area contributed by atoms with Crippen molar-refractivity contribution < 1.29 is 0 Å². The summed E-state index contributed by atoms with van der Waals surface area (Å²) in [5, 5.41) is 3.49. The molecule has 0 spiro atoms. The monoisotopic (exact) mass is 180 g/mol. The zero-order valence-electron chi connectivity index (χ0n) is 6.86. The van der Waals surface area contributed by atoms with Crippen LogP contribution >= 0.6 is 11.8 Å². The second-order valence-corrected chi connectivity index (χ2v) is 4.01. The molecule has 1 aromatic heterocycles. The number of aromatic nitrogens is 1. The Bertz CT molecular complexity index is 232. The number of hydrogen-bond donors (Lipinski definition) is 1. The van der Waals surface area contributed by atoms with Crippen molar-refractivity contribution in [3.8, 4) is 0 Å². The summed E-state index contributed by atoms with van der Waals surface area (Å²) in [4.78, 5) is 4.01. The van der Waals surface area contributed by atoms with Gasteiger partial charge >= 0.3 is 0 Å². The minimum absolute atomic E-state index is 0.534. The standard InChI is InChI=1S/C9H12N2S/c1-3-10-4-2-8(1)9-7-12-6-5-11-9/h1-4,9,11H,5-7H2/t9-/m1/s1. The van der Waals surface area contributed by atoms with E-state index in [0.29, 0.717) is 6.04 Å². The fourth-order valence-corrected chi connectivity index (χ4v) is 2.35. The Kier molecular flexibility index (Phi) is 2.64. The van der Waals surface area contributed by atoms with Gasteiger partial charge in [-0.2, -0.15) is 11.8 Å². The highest BCUT2D eigenvalue weighted by molar-refractivity contribution is 7.99. The average molecular weight is 180 g/mol. The SMILES string of the molecule is c1cc([C@H]2CSCCN2)ccn1. The Balaban J connectivity index is 2.08. The lowest BCUT2D eigenvalue weighted by atomic mass is 10.1. The third kappa shape index (κ3) is 1.79. The molecule has 2 heterocycles. The van der Waals surface area contributed by atoms with Crippen LogP contribution in [-0.2, 0) is 0 Å². The van der Waals surface area contributed by atoms with Crippen LogP contribution in [0.15, 0.2) is 24.5 Å². The average Bonchev–Trinajstić information content (AvgIpc) is 2.21. The van der Waals surface area contributed by atoms with Crippen molar-refractivity contribution in [1.29, 1.82) is 0 Å². The topological polar surface area (TPSA) is 24.9 Å². The quantitative estimate of drug-likeness (QED) is 0.708. The van der Waals surface area contributed by atoms with Gasteiger partial charge in [0, 0.05) is 36.5 Å². The first-order valence-electron chi connectivity index (χ1n) is 4.18. The summed E-state index contributed by atoms with van der Waals surface area (Å²) in [6.45, 7) is 1.12. The number of nitrogens with zero attached hydrogens (tertiary/aromatic N) is 1. The van der Waals surface area contributed by atoms with E-state index >= 15 is 0 Å².